The Labute approximate surface area is 81.6 Å². The van der Waals surface area contributed by atoms with Gasteiger partial charge in [-0.3, -0.25) is 4.79 Å². The van der Waals surface area contributed by atoms with Gasteiger partial charge >= 0.3 is 0 Å². The van der Waals surface area contributed by atoms with Crippen LogP contribution in [0.2, 0.25) is 0 Å². The first kappa shape index (κ1) is 8.81. The second-order valence-corrected chi connectivity index (χ2v) is 3.27. The lowest BCUT2D eigenvalue weighted by atomic mass is 10.1. The Kier molecular flexibility index (Phi) is 1.81. The van der Waals surface area contributed by atoms with Crippen molar-refractivity contribution < 1.29 is 14.6 Å². The largest absolute Gasteiger partial charge is 0.504 e. The minimum absolute atomic E-state index is 0.00273. The second-order valence-electron chi connectivity index (χ2n) is 3.27. The molecule has 1 aromatic carbocycles. The summed E-state index contributed by atoms with van der Waals surface area (Å²) in [7, 11) is 1.47. The topological polar surface area (TPSA) is 46.5 Å². The summed E-state index contributed by atoms with van der Waals surface area (Å²) in [5.74, 6) is 0.372. The van der Waals surface area contributed by atoms with Crippen molar-refractivity contribution in [1.29, 1.82) is 0 Å². The molecule has 3 nitrogen and oxygen atoms in total. The number of carbonyl (C=O) groups is 1. The Bertz CT molecular complexity index is 432. The maximum Gasteiger partial charge on any atom is 0.167 e. The fourth-order valence-corrected chi connectivity index (χ4v) is 1.64. The summed E-state index contributed by atoms with van der Waals surface area (Å²) >= 11 is 0. The van der Waals surface area contributed by atoms with Crippen LogP contribution in [0.15, 0.2) is 18.7 Å². The van der Waals surface area contributed by atoms with Crippen LogP contribution in [-0.2, 0) is 0 Å². The quantitative estimate of drug-likeness (QED) is 0.736. The summed E-state index contributed by atoms with van der Waals surface area (Å²) in [6.07, 6.45) is 0.335. The molecule has 1 N–H and O–H groups in total. The molecule has 0 saturated carbocycles. The van der Waals surface area contributed by atoms with Crippen LogP contribution in [0.5, 0.6) is 11.5 Å². The molecule has 0 bridgehead atoms. The molecule has 0 heterocycles. The molecule has 0 spiro atoms. The highest BCUT2D eigenvalue weighted by molar-refractivity contribution is 6.11. The van der Waals surface area contributed by atoms with Crippen molar-refractivity contribution in [2.24, 2.45) is 0 Å². The highest BCUT2D eigenvalue weighted by Gasteiger charge is 2.24. The number of hydrogen-bond donors (Lipinski definition) is 1. The lowest BCUT2D eigenvalue weighted by Gasteiger charge is -2.05. The van der Waals surface area contributed by atoms with Crippen LogP contribution in [0.25, 0.3) is 5.57 Å². The summed E-state index contributed by atoms with van der Waals surface area (Å²) in [6, 6.07) is 3.09. The van der Waals surface area contributed by atoms with Gasteiger partial charge in [0.2, 0.25) is 0 Å². The average Bonchev–Trinajstić information content (AvgIpc) is 2.41. The van der Waals surface area contributed by atoms with E-state index in [4.69, 9.17) is 4.74 Å². The van der Waals surface area contributed by atoms with E-state index in [9.17, 15) is 9.90 Å². The number of ketones is 1. The van der Waals surface area contributed by atoms with Crippen LogP contribution < -0.4 is 4.74 Å². The molecule has 72 valence electrons. The molecular formula is C11H10O3. The van der Waals surface area contributed by atoms with Gasteiger partial charge < -0.3 is 9.84 Å². The standard InChI is InChI=1S/C11H10O3/c1-6-3-9(12)8-4-10(13)11(14-2)5-7(6)8/h4-5,13H,1,3H2,2H3. The van der Waals surface area contributed by atoms with Gasteiger partial charge in [0.15, 0.2) is 17.3 Å². The minimum atomic E-state index is -0.00528. The molecular weight excluding hydrogens is 180 g/mol. The van der Waals surface area contributed by atoms with E-state index in [2.05, 4.69) is 6.58 Å². The van der Waals surface area contributed by atoms with E-state index in [1.165, 1.54) is 13.2 Å². The van der Waals surface area contributed by atoms with E-state index in [1.54, 1.807) is 6.07 Å². The maximum atomic E-state index is 11.4. The monoisotopic (exact) mass is 190 g/mol. The SMILES string of the molecule is C=C1CC(=O)c2cc(O)c(OC)cc21. The average molecular weight is 190 g/mol. The third kappa shape index (κ3) is 1.09. The first-order valence-corrected chi connectivity index (χ1v) is 4.26. The fraction of sp³-hybridized carbons (Fsp3) is 0.182. The van der Waals surface area contributed by atoms with Crippen molar-refractivity contribution in [1.82, 2.24) is 0 Å². The zero-order chi connectivity index (χ0) is 10.3. The Morgan fingerprint density at radius 3 is 2.79 bits per heavy atom. The van der Waals surface area contributed by atoms with E-state index < -0.39 is 0 Å². The molecule has 14 heavy (non-hydrogen) atoms. The molecule has 1 aromatic rings. The molecule has 0 atom stereocenters. The third-order valence-electron chi connectivity index (χ3n) is 2.37. The summed E-state index contributed by atoms with van der Waals surface area (Å²) in [4.78, 5) is 11.4. The van der Waals surface area contributed by atoms with Crippen molar-refractivity contribution in [2.75, 3.05) is 7.11 Å². The van der Waals surface area contributed by atoms with E-state index in [1.807, 2.05) is 0 Å². The molecule has 0 aromatic heterocycles. The predicted molar refractivity (Wildman–Crippen MR) is 52.6 cm³/mol. The van der Waals surface area contributed by atoms with Gasteiger partial charge in [-0.2, -0.15) is 0 Å². The zero-order valence-corrected chi connectivity index (χ0v) is 7.83. The molecule has 0 fully saturated rings. The fourth-order valence-electron chi connectivity index (χ4n) is 1.64. The van der Waals surface area contributed by atoms with E-state index >= 15 is 0 Å². The van der Waals surface area contributed by atoms with Gasteiger partial charge in [0.05, 0.1) is 7.11 Å². The highest BCUT2D eigenvalue weighted by Crippen LogP contribution is 2.38. The van der Waals surface area contributed by atoms with Crippen LogP contribution in [0.3, 0.4) is 0 Å². The number of ether oxygens (including phenoxy) is 1. The van der Waals surface area contributed by atoms with Gasteiger partial charge in [0, 0.05) is 12.0 Å². The molecule has 1 aliphatic carbocycles. The molecule has 1 aliphatic rings. The number of rotatable bonds is 1. The number of hydrogen-bond acceptors (Lipinski definition) is 3. The van der Waals surface area contributed by atoms with Gasteiger partial charge in [0.1, 0.15) is 0 Å². The normalized spacial score (nSPS) is 14.4. The predicted octanol–water partition coefficient (Wildman–Crippen LogP) is 2.00. The van der Waals surface area contributed by atoms with Crippen molar-refractivity contribution in [3.63, 3.8) is 0 Å². The van der Waals surface area contributed by atoms with E-state index in [-0.39, 0.29) is 11.5 Å². The molecule has 3 heteroatoms. The molecule has 0 radical (unpaired) electrons. The summed E-state index contributed by atoms with van der Waals surface area (Å²) < 4.78 is 4.95. The van der Waals surface area contributed by atoms with Crippen LogP contribution in [0.4, 0.5) is 0 Å². The lowest BCUT2D eigenvalue weighted by molar-refractivity contribution is 0.100. The second kappa shape index (κ2) is 2.87. The van der Waals surface area contributed by atoms with E-state index in [0.717, 1.165) is 11.1 Å². The Morgan fingerprint density at radius 2 is 2.14 bits per heavy atom. The summed E-state index contributed by atoms with van der Waals surface area (Å²) in [5, 5.41) is 9.47. The number of methoxy groups -OCH3 is 1. The first-order chi connectivity index (χ1) is 6.63. The molecule has 0 amide bonds. The van der Waals surface area contributed by atoms with Crippen LogP contribution in [0, 0.1) is 0 Å². The van der Waals surface area contributed by atoms with Crippen LogP contribution in [-0.4, -0.2) is 18.0 Å². The Balaban J connectivity index is 2.65. The summed E-state index contributed by atoms with van der Waals surface area (Å²) in [5.41, 5.74) is 2.10. The number of phenols is 1. The van der Waals surface area contributed by atoms with Crippen molar-refractivity contribution in [2.45, 2.75) is 6.42 Å². The van der Waals surface area contributed by atoms with Crippen LogP contribution >= 0.6 is 0 Å². The Morgan fingerprint density at radius 1 is 1.43 bits per heavy atom. The van der Waals surface area contributed by atoms with E-state index in [0.29, 0.717) is 17.7 Å². The Hall–Kier alpha value is -1.77. The number of carbonyl (C=O) groups excluding carboxylic acids is 1. The van der Waals surface area contributed by atoms with Gasteiger partial charge in [-0.25, -0.2) is 0 Å². The molecule has 0 unspecified atom stereocenters. The number of allylic oxidation sites excluding steroid dienone is 1. The van der Waals surface area contributed by atoms with Crippen LogP contribution in [0.1, 0.15) is 22.3 Å². The first-order valence-electron chi connectivity index (χ1n) is 4.26. The number of fused-ring (bicyclic) bond motifs is 1. The van der Waals surface area contributed by atoms with Gasteiger partial charge in [-0.15, -0.1) is 0 Å². The molecule has 2 rings (SSSR count). The minimum Gasteiger partial charge on any atom is -0.504 e. The van der Waals surface area contributed by atoms with Crippen molar-refractivity contribution in [3.05, 3.63) is 29.8 Å². The van der Waals surface area contributed by atoms with Gasteiger partial charge in [0.25, 0.3) is 0 Å². The van der Waals surface area contributed by atoms with Crippen molar-refractivity contribution in [3.8, 4) is 11.5 Å². The third-order valence-corrected chi connectivity index (χ3v) is 2.37. The maximum absolute atomic E-state index is 11.4. The number of Topliss-reactive ketones (excluding diaryl/α,β-unsaturated/α-hetero) is 1. The van der Waals surface area contributed by atoms with Crippen molar-refractivity contribution >= 4 is 11.4 Å². The zero-order valence-electron chi connectivity index (χ0n) is 7.83. The van der Waals surface area contributed by atoms with Gasteiger partial charge in [-0.1, -0.05) is 6.58 Å². The summed E-state index contributed by atoms with van der Waals surface area (Å²) in [6.45, 7) is 3.79. The molecule has 0 aliphatic heterocycles. The number of benzene rings is 1. The number of phenolic OH excluding ortho intramolecular Hbond substituents is 1. The number of aromatic hydroxyl groups is 1. The smallest absolute Gasteiger partial charge is 0.167 e. The van der Waals surface area contributed by atoms with Gasteiger partial charge in [-0.05, 0) is 23.3 Å². The molecule has 0 saturated heterocycles. The highest BCUT2D eigenvalue weighted by atomic mass is 16.5. The lowest BCUT2D eigenvalue weighted by Crippen LogP contribution is -1.92.